The standard InChI is InChI=1S/C14H13ClN8O3/c1-25-7-10-11(18-22-23(10)13-12(16)20-26-21-13)14(24)19-17-6-8-3-2-4-9(15)5-8/h2-6H,7H2,1H3,(H2,16,20)(H,19,24). The van der Waals surface area contributed by atoms with Crippen LogP contribution in [0.3, 0.4) is 0 Å². The number of nitrogens with one attached hydrogen (secondary N) is 1. The van der Waals surface area contributed by atoms with Crippen LogP contribution in [0.2, 0.25) is 5.02 Å². The van der Waals surface area contributed by atoms with Crippen LogP contribution in [0.4, 0.5) is 5.82 Å². The van der Waals surface area contributed by atoms with Crippen molar-refractivity contribution in [3.05, 3.63) is 46.2 Å². The monoisotopic (exact) mass is 376 g/mol. The fourth-order valence-corrected chi connectivity index (χ4v) is 2.26. The predicted octanol–water partition coefficient (Wildman–Crippen LogP) is 0.796. The number of anilines is 1. The second-order valence-corrected chi connectivity index (χ2v) is 5.39. The molecule has 0 radical (unpaired) electrons. The Morgan fingerprint density at radius 3 is 3.04 bits per heavy atom. The minimum atomic E-state index is -0.586. The Morgan fingerprint density at radius 2 is 2.35 bits per heavy atom. The Balaban J connectivity index is 1.81. The average Bonchev–Trinajstić information content (AvgIpc) is 3.21. The normalized spacial score (nSPS) is 11.2. The van der Waals surface area contributed by atoms with Gasteiger partial charge in [-0.1, -0.05) is 28.9 Å². The largest absolute Gasteiger partial charge is 0.378 e. The van der Waals surface area contributed by atoms with Gasteiger partial charge in [-0.15, -0.1) is 5.10 Å². The molecule has 11 nitrogen and oxygen atoms in total. The summed E-state index contributed by atoms with van der Waals surface area (Å²) in [5.41, 5.74) is 9.04. The third-order valence-corrected chi connectivity index (χ3v) is 3.42. The lowest BCUT2D eigenvalue weighted by atomic mass is 10.2. The van der Waals surface area contributed by atoms with Crippen LogP contribution in [0.5, 0.6) is 0 Å². The maximum atomic E-state index is 12.4. The highest BCUT2D eigenvalue weighted by Crippen LogP contribution is 2.16. The highest BCUT2D eigenvalue weighted by Gasteiger charge is 2.23. The topological polar surface area (TPSA) is 146 Å². The summed E-state index contributed by atoms with van der Waals surface area (Å²) in [6.45, 7) is 0.0278. The van der Waals surface area contributed by atoms with Crippen LogP contribution in [-0.4, -0.2) is 44.5 Å². The smallest absolute Gasteiger partial charge is 0.293 e. The Hall–Kier alpha value is -3.31. The van der Waals surface area contributed by atoms with Crippen molar-refractivity contribution in [1.82, 2.24) is 30.7 Å². The number of hydrogen-bond donors (Lipinski definition) is 2. The number of ether oxygens (including phenoxy) is 1. The summed E-state index contributed by atoms with van der Waals surface area (Å²) in [5, 5.41) is 19.2. The number of hydrazone groups is 1. The third-order valence-electron chi connectivity index (χ3n) is 3.18. The first-order valence-corrected chi connectivity index (χ1v) is 7.59. The van der Waals surface area contributed by atoms with Crippen LogP contribution in [0.1, 0.15) is 21.7 Å². The lowest BCUT2D eigenvalue weighted by Gasteiger charge is -2.03. The number of nitrogens with two attached hydrogens (primary N) is 1. The summed E-state index contributed by atoms with van der Waals surface area (Å²) in [5.74, 6) is -0.485. The van der Waals surface area contributed by atoms with E-state index in [0.29, 0.717) is 10.7 Å². The van der Waals surface area contributed by atoms with E-state index in [-0.39, 0.29) is 23.9 Å². The molecule has 0 spiro atoms. The zero-order chi connectivity index (χ0) is 18.5. The van der Waals surface area contributed by atoms with E-state index >= 15 is 0 Å². The molecule has 1 amide bonds. The van der Waals surface area contributed by atoms with Crippen LogP contribution in [-0.2, 0) is 11.3 Å². The fraction of sp³-hybridized carbons (Fsp3) is 0.143. The number of hydrogen-bond acceptors (Lipinski definition) is 9. The molecule has 3 aromatic rings. The molecule has 3 N–H and O–H groups in total. The zero-order valence-electron chi connectivity index (χ0n) is 13.5. The highest BCUT2D eigenvalue weighted by molar-refractivity contribution is 6.30. The molecule has 2 heterocycles. The molecular formula is C14H13ClN8O3. The first-order valence-electron chi connectivity index (χ1n) is 7.21. The van der Waals surface area contributed by atoms with Crippen LogP contribution >= 0.6 is 11.6 Å². The minimum absolute atomic E-state index is 0.00168. The van der Waals surface area contributed by atoms with Crippen molar-refractivity contribution in [1.29, 1.82) is 0 Å². The summed E-state index contributed by atoms with van der Waals surface area (Å²) >= 11 is 5.89. The lowest BCUT2D eigenvalue weighted by Crippen LogP contribution is -2.20. The molecule has 0 aliphatic rings. The maximum Gasteiger partial charge on any atom is 0.293 e. The molecule has 1 aromatic carbocycles. The molecule has 0 saturated carbocycles. The van der Waals surface area contributed by atoms with Crippen molar-refractivity contribution >= 4 is 29.5 Å². The van der Waals surface area contributed by atoms with Gasteiger partial charge in [-0.25, -0.2) is 10.1 Å². The molecule has 0 aliphatic carbocycles. The Bertz CT molecular complexity index is 951. The van der Waals surface area contributed by atoms with Gasteiger partial charge in [-0.3, -0.25) is 4.79 Å². The number of nitrogen functional groups attached to an aromatic ring is 1. The number of amides is 1. The number of benzene rings is 1. The number of carbonyl (C=O) groups excluding carboxylic acids is 1. The molecule has 0 aliphatic heterocycles. The summed E-state index contributed by atoms with van der Waals surface area (Å²) in [4.78, 5) is 12.4. The van der Waals surface area contributed by atoms with E-state index in [1.807, 2.05) is 0 Å². The molecule has 3 rings (SSSR count). The number of carbonyl (C=O) groups is 1. The summed E-state index contributed by atoms with van der Waals surface area (Å²) in [6, 6.07) is 6.99. The molecule has 2 aromatic heterocycles. The van der Waals surface area contributed by atoms with E-state index in [0.717, 1.165) is 5.56 Å². The van der Waals surface area contributed by atoms with Gasteiger partial charge in [0.05, 0.1) is 12.8 Å². The first kappa shape index (κ1) is 17.5. The van der Waals surface area contributed by atoms with Crippen LogP contribution in [0, 0.1) is 0 Å². The highest BCUT2D eigenvalue weighted by atomic mass is 35.5. The van der Waals surface area contributed by atoms with Crippen molar-refractivity contribution < 1.29 is 14.2 Å². The number of rotatable bonds is 6. The molecule has 0 fully saturated rings. The van der Waals surface area contributed by atoms with E-state index in [2.05, 4.69) is 35.8 Å². The summed E-state index contributed by atoms with van der Waals surface area (Å²) < 4.78 is 10.8. The Labute approximate surface area is 151 Å². The van der Waals surface area contributed by atoms with Crippen molar-refractivity contribution in [3.63, 3.8) is 0 Å². The third kappa shape index (κ3) is 3.68. The van der Waals surface area contributed by atoms with Gasteiger partial charge < -0.3 is 10.5 Å². The van der Waals surface area contributed by atoms with Gasteiger partial charge in [0.1, 0.15) is 5.69 Å². The van der Waals surface area contributed by atoms with Gasteiger partial charge in [0.2, 0.25) is 11.6 Å². The number of nitrogens with zero attached hydrogens (tertiary/aromatic N) is 6. The second-order valence-electron chi connectivity index (χ2n) is 4.96. The molecular weight excluding hydrogens is 364 g/mol. The van der Waals surface area contributed by atoms with Gasteiger partial charge in [0, 0.05) is 12.1 Å². The van der Waals surface area contributed by atoms with Crippen molar-refractivity contribution in [2.75, 3.05) is 12.8 Å². The second kappa shape index (κ2) is 7.72. The maximum absolute atomic E-state index is 12.4. The number of methoxy groups -OCH3 is 1. The van der Waals surface area contributed by atoms with E-state index in [4.69, 9.17) is 22.1 Å². The van der Waals surface area contributed by atoms with E-state index in [1.54, 1.807) is 24.3 Å². The molecule has 134 valence electrons. The Morgan fingerprint density at radius 1 is 1.50 bits per heavy atom. The number of aromatic nitrogens is 5. The summed E-state index contributed by atoms with van der Waals surface area (Å²) in [6.07, 6.45) is 1.45. The first-order chi connectivity index (χ1) is 12.6. The van der Waals surface area contributed by atoms with Gasteiger partial charge in [0.15, 0.2) is 5.69 Å². The van der Waals surface area contributed by atoms with E-state index in [9.17, 15) is 4.79 Å². The Kier molecular flexibility index (Phi) is 5.20. The molecule has 0 atom stereocenters. The molecule has 0 saturated heterocycles. The van der Waals surface area contributed by atoms with Gasteiger partial charge in [0.25, 0.3) is 5.91 Å². The van der Waals surface area contributed by atoms with Gasteiger partial charge in [-0.2, -0.15) is 9.78 Å². The van der Waals surface area contributed by atoms with E-state index < -0.39 is 5.91 Å². The fourth-order valence-electron chi connectivity index (χ4n) is 2.06. The molecule has 0 unspecified atom stereocenters. The van der Waals surface area contributed by atoms with E-state index in [1.165, 1.54) is 18.0 Å². The minimum Gasteiger partial charge on any atom is -0.378 e. The predicted molar refractivity (Wildman–Crippen MR) is 90.9 cm³/mol. The van der Waals surface area contributed by atoms with Crippen molar-refractivity contribution in [3.8, 4) is 5.82 Å². The average molecular weight is 377 g/mol. The quantitative estimate of drug-likeness (QED) is 0.474. The molecule has 12 heteroatoms. The van der Waals surface area contributed by atoms with Crippen LogP contribution in [0.15, 0.2) is 34.0 Å². The van der Waals surface area contributed by atoms with Gasteiger partial charge >= 0.3 is 0 Å². The van der Waals surface area contributed by atoms with Crippen LogP contribution in [0.25, 0.3) is 5.82 Å². The zero-order valence-corrected chi connectivity index (χ0v) is 14.2. The lowest BCUT2D eigenvalue weighted by molar-refractivity contribution is 0.0944. The molecule has 0 bridgehead atoms. The van der Waals surface area contributed by atoms with Gasteiger partial charge in [-0.05, 0) is 28.0 Å². The summed E-state index contributed by atoms with van der Waals surface area (Å²) in [7, 11) is 1.46. The SMILES string of the molecule is COCc1c(C(=O)NN=Cc2cccc(Cl)c2)nnn1-c1nonc1N. The van der Waals surface area contributed by atoms with Crippen LogP contribution < -0.4 is 11.2 Å². The van der Waals surface area contributed by atoms with Crippen molar-refractivity contribution in [2.24, 2.45) is 5.10 Å². The number of halogens is 1. The van der Waals surface area contributed by atoms with Crippen molar-refractivity contribution in [2.45, 2.75) is 6.61 Å². The molecule has 26 heavy (non-hydrogen) atoms.